The number of carbonyl (C=O) groups excluding carboxylic acids is 1. The Hall–Kier alpha value is -3.35. The third kappa shape index (κ3) is 5.40. The largest absolute Gasteiger partial charge is 0.493 e. The number of aliphatic hydroxyl groups is 1. The van der Waals surface area contributed by atoms with E-state index >= 15 is 0 Å². The summed E-state index contributed by atoms with van der Waals surface area (Å²) < 4.78 is 11.9. The van der Waals surface area contributed by atoms with Crippen molar-refractivity contribution in [1.29, 1.82) is 0 Å². The van der Waals surface area contributed by atoms with E-state index in [1.165, 1.54) is 0 Å². The quantitative estimate of drug-likeness (QED) is 0.411. The van der Waals surface area contributed by atoms with Gasteiger partial charge < -0.3 is 24.8 Å². The predicted molar refractivity (Wildman–Crippen MR) is 143 cm³/mol. The number of hydrogen-bond donors (Lipinski definition) is 2. The Morgan fingerprint density at radius 3 is 2.42 bits per heavy atom. The minimum atomic E-state index is -0.288. The lowest BCUT2D eigenvalue weighted by Gasteiger charge is -2.38. The van der Waals surface area contributed by atoms with Gasteiger partial charge in [0, 0.05) is 18.3 Å². The molecule has 0 aliphatic carbocycles. The molecule has 190 valence electrons. The highest BCUT2D eigenvalue weighted by Gasteiger charge is 2.36. The molecule has 1 aliphatic rings. The van der Waals surface area contributed by atoms with Crippen LogP contribution in [0.5, 0.6) is 11.5 Å². The highest BCUT2D eigenvalue weighted by Crippen LogP contribution is 2.43. The van der Waals surface area contributed by atoms with E-state index < -0.39 is 0 Å². The number of benzene rings is 3. The molecular weight excluding hydrogens is 452 g/mol. The number of ether oxygens (including phenoxy) is 2. The highest BCUT2D eigenvalue weighted by atomic mass is 16.5. The first-order chi connectivity index (χ1) is 17.5. The van der Waals surface area contributed by atoms with Crippen molar-refractivity contribution >= 4 is 11.6 Å². The van der Waals surface area contributed by atoms with Gasteiger partial charge in [0.1, 0.15) is 0 Å². The molecule has 2 N–H and O–H groups in total. The van der Waals surface area contributed by atoms with Crippen molar-refractivity contribution in [3.8, 4) is 11.5 Å². The molecule has 6 nitrogen and oxygen atoms in total. The van der Waals surface area contributed by atoms with Gasteiger partial charge in [-0.1, -0.05) is 49.4 Å². The maximum atomic E-state index is 13.6. The summed E-state index contributed by atoms with van der Waals surface area (Å²) in [7, 11) is 1.63. The summed E-state index contributed by atoms with van der Waals surface area (Å²) in [5, 5.41) is 12.4. The second-order valence-corrected chi connectivity index (χ2v) is 9.28. The normalized spacial score (nSPS) is 16.9. The van der Waals surface area contributed by atoms with E-state index in [0.717, 1.165) is 34.4 Å². The van der Waals surface area contributed by atoms with Crippen LogP contribution < -0.4 is 19.7 Å². The zero-order valence-corrected chi connectivity index (χ0v) is 21.5. The average Bonchev–Trinajstić information content (AvgIpc) is 2.91. The van der Waals surface area contributed by atoms with Crippen molar-refractivity contribution < 1.29 is 19.4 Å². The van der Waals surface area contributed by atoms with Gasteiger partial charge in [-0.2, -0.15) is 0 Å². The summed E-state index contributed by atoms with van der Waals surface area (Å²) in [6, 6.07) is 22.0. The molecule has 1 amide bonds. The monoisotopic (exact) mass is 488 g/mol. The highest BCUT2D eigenvalue weighted by molar-refractivity contribution is 5.98. The van der Waals surface area contributed by atoms with Crippen molar-refractivity contribution in [3.63, 3.8) is 0 Å². The van der Waals surface area contributed by atoms with Crippen LogP contribution in [0.2, 0.25) is 0 Å². The van der Waals surface area contributed by atoms with Gasteiger partial charge >= 0.3 is 0 Å². The van der Waals surface area contributed by atoms with Gasteiger partial charge in [0.25, 0.3) is 0 Å². The number of anilines is 1. The molecule has 0 spiro atoms. The van der Waals surface area contributed by atoms with E-state index in [1.54, 1.807) is 7.11 Å². The molecule has 6 heteroatoms. The van der Waals surface area contributed by atoms with Gasteiger partial charge in [-0.05, 0) is 66.8 Å². The maximum Gasteiger partial charge on any atom is 0.232 e. The Morgan fingerprint density at radius 1 is 1.06 bits per heavy atom. The molecule has 3 aromatic rings. The van der Waals surface area contributed by atoms with Crippen molar-refractivity contribution in [2.75, 3.05) is 25.2 Å². The number of nitrogens with one attached hydrogen (secondary N) is 1. The van der Waals surface area contributed by atoms with Crippen molar-refractivity contribution in [1.82, 2.24) is 5.32 Å². The van der Waals surface area contributed by atoms with E-state index in [-0.39, 0.29) is 37.1 Å². The van der Waals surface area contributed by atoms with Crippen LogP contribution in [0, 0.1) is 0 Å². The number of rotatable bonds is 10. The van der Waals surface area contributed by atoms with E-state index in [2.05, 4.69) is 31.3 Å². The molecule has 0 saturated carbocycles. The number of methoxy groups -OCH3 is 1. The Morgan fingerprint density at radius 2 is 1.78 bits per heavy atom. The van der Waals surface area contributed by atoms with Crippen LogP contribution in [0.15, 0.2) is 66.7 Å². The number of aliphatic hydroxyl groups excluding tert-OH is 1. The zero-order chi connectivity index (χ0) is 25.7. The molecule has 0 saturated heterocycles. The minimum absolute atomic E-state index is 0.0354. The molecule has 2 unspecified atom stereocenters. The molecule has 3 atom stereocenters. The first-order valence-corrected chi connectivity index (χ1v) is 12.7. The number of fused-ring (bicyclic) bond motifs is 1. The fourth-order valence-corrected chi connectivity index (χ4v) is 4.69. The van der Waals surface area contributed by atoms with Crippen LogP contribution in [0.25, 0.3) is 0 Å². The Kier molecular flexibility index (Phi) is 8.28. The standard InChI is InChI=1S/C30H36N2O4/c1-5-20(2)36-28-19-26-24(17-27(28)35-4)18-29(34)32(30(26)23-9-7-6-8-10-23)25-13-11-22(12-14-25)21(3)31-15-16-33/h6-14,17,19-21,30-31,33H,5,15-16,18H2,1-4H3/t20-,21?,30?/m1/s1. The fraction of sp³-hybridized carbons (Fsp3) is 0.367. The molecule has 0 bridgehead atoms. The Balaban J connectivity index is 1.79. The smallest absolute Gasteiger partial charge is 0.232 e. The average molecular weight is 489 g/mol. The molecule has 36 heavy (non-hydrogen) atoms. The van der Waals surface area contributed by atoms with Gasteiger partial charge in [-0.3, -0.25) is 4.79 Å². The van der Waals surface area contributed by atoms with E-state index in [9.17, 15) is 4.79 Å². The van der Waals surface area contributed by atoms with E-state index in [1.807, 2.05) is 66.4 Å². The third-order valence-corrected chi connectivity index (χ3v) is 6.84. The number of amides is 1. The Labute approximate surface area is 213 Å². The van der Waals surface area contributed by atoms with E-state index in [4.69, 9.17) is 14.6 Å². The summed E-state index contributed by atoms with van der Waals surface area (Å²) in [4.78, 5) is 15.5. The molecule has 0 fully saturated rings. The van der Waals surface area contributed by atoms with Crippen LogP contribution >= 0.6 is 0 Å². The molecule has 0 aromatic heterocycles. The van der Waals surface area contributed by atoms with Gasteiger partial charge in [-0.15, -0.1) is 0 Å². The third-order valence-electron chi connectivity index (χ3n) is 6.84. The van der Waals surface area contributed by atoms with Gasteiger partial charge in [0.2, 0.25) is 5.91 Å². The summed E-state index contributed by atoms with van der Waals surface area (Å²) in [6.45, 7) is 6.82. The Bertz CT molecular complexity index is 1160. The van der Waals surface area contributed by atoms with Crippen molar-refractivity contribution in [3.05, 3.63) is 89.0 Å². The second kappa shape index (κ2) is 11.6. The lowest BCUT2D eigenvalue weighted by molar-refractivity contribution is -0.118. The van der Waals surface area contributed by atoms with Crippen LogP contribution in [-0.4, -0.2) is 37.4 Å². The summed E-state index contributed by atoms with van der Waals surface area (Å²) in [5.74, 6) is 1.38. The number of nitrogens with zero attached hydrogens (tertiary/aromatic N) is 1. The lowest BCUT2D eigenvalue weighted by Crippen LogP contribution is -2.41. The second-order valence-electron chi connectivity index (χ2n) is 9.28. The number of carbonyl (C=O) groups is 1. The molecule has 4 rings (SSSR count). The van der Waals surface area contributed by atoms with Crippen LogP contribution in [-0.2, 0) is 11.2 Å². The molecule has 0 radical (unpaired) electrons. The predicted octanol–water partition coefficient (Wildman–Crippen LogP) is 5.19. The summed E-state index contributed by atoms with van der Waals surface area (Å²) in [5.41, 5.74) is 4.98. The number of hydrogen-bond acceptors (Lipinski definition) is 5. The summed E-state index contributed by atoms with van der Waals surface area (Å²) in [6.07, 6.45) is 1.21. The molecule has 1 heterocycles. The van der Waals surface area contributed by atoms with Crippen molar-refractivity contribution in [2.24, 2.45) is 0 Å². The van der Waals surface area contributed by atoms with Crippen LogP contribution in [0.1, 0.15) is 61.5 Å². The van der Waals surface area contributed by atoms with Gasteiger partial charge in [0.15, 0.2) is 11.5 Å². The minimum Gasteiger partial charge on any atom is -0.493 e. The fourth-order valence-electron chi connectivity index (χ4n) is 4.69. The van der Waals surface area contributed by atoms with Gasteiger partial charge in [-0.25, -0.2) is 0 Å². The first-order valence-electron chi connectivity index (χ1n) is 12.7. The SMILES string of the molecule is CC[C@@H](C)Oc1cc2c(cc1OC)CC(=O)N(c1ccc(C(C)NCCO)cc1)C2c1ccccc1. The van der Waals surface area contributed by atoms with Crippen LogP contribution in [0.4, 0.5) is 5.69 Å². The van der Waals surface area contributed by atoms with Crippen LogP contribution in [0.3, 0.4) is 0 Å². The topological polar surface area (TPSA) is 71.0 Å². The lowest BCUT2D eigenvalue weighted by atomic mass is 9.86. The summed E-state index contributed by atoms with van der Waals surface area (Å²) >= 11 is 0. The van der Waals surface area contributed by atoms with E-state index in [0.29, 0.717) is 18.0 Å². The zero-order valence-electron chi connectivity index (χ0n) is 21.5. The maximum absolute atomic E-state index is 13.6. The van der Waals surface area contributed by atoms with Crippen molar-refractivity contribution in [2.45, 2.75) is 51.8 Å². The molecular formula is C30H36N2O4. The molecule has 1 aliphatic heterocycles. The first kappa shape index (κ1) is 25.7. The van der Waals surface area contributed by atoms with Gasteiger partial charge in [0.05, 0.1) is 32.3 Å². The molecule has 3 aromatic carbocycles.